The van der Waals surface area contributed by atoms with Crippen molar-refractivity contribution in [3.05, 3.63) is 35.0 Å². The highest BCUT2D eigenvalue weighted by Crippen LogP contribution is 2.46. The second kappa shape index (κ2) is 6.79. The minimum absolute atomic E-state index is 0.0806. The molecular weight excluding hydrogens is 388 g/mol. The standard InChI is InChI=1S/C21H24N4O3S/c1-21(2)10-13-17(14(26)11-21)18(25-19(22-13)23-20(24-25)29-3)12-5-6-15-16(9-12)28-8-4-7-27-15/h5-6,9,18H,4,7-8,10-11H2,1-3H3,(H,22,23,24). The summed E-state index contributed by atoms with van der Waals surface area (Å²) < 4.78 is 13.5. The molecule has 1 aromatic heterocycles. The van der Waals surface area contributed by atoms with E-state index in [1.54, 1.807) is 0 Å². The number of allylic oxidation sites excluding steroid dienone is 2. The quantitative estimate of drug-likeness (QED) is 0.751. The smallest absolute Gasteiger partial charge is 0.227 e. The number of hydrogen-bond acceptors (Lipinski definition) is 7. The van der Waals surface area contributed by atoms with E-state index in [4.69, 9.17) is 9.47 Å². The van der Waals surface area contributed by atoms with Crippen molar-refractivity contribution in [2.24, 2.45) is 5.41 Å². The van der Waals surface area contributed by atoms with Crippen molar-refractivity contribution in [3.8, 4) is 11.5 Å². The Balaban J connectivity index is 1.66. The number of nitrogens with one attached hydrogen (secondary N) is 1. The maximum absolute atomic E-state index is 13.2. The van der Waals surface area contributed by atoms with Gasteiger partial charge in [0.15, 0.2) is 17.3 Å². The number of Topliss-reactive ketones (excluding diaryl/α,β-unsaturated/α-hetero) is 1. The van der Waals surface area contributed by atoms with Gasteiger partial charge in [0.2, 0.25) is 11.1 Å². The third-order valence-corrected chi connectivity index (χ3v) is 6.12. The van der Waals surface area contributed by atoms with Crippen LogP contribution in [0.15, 0.2) is 34.6 Å². The summed E-state index contributed by atoms with van der Waals surface area (Å²) in [5, 5.41) is 8.74. The van der Waals surface area contributed by atoms with E-state index in [-0.39, 0.29) is 17.2 Å². The lowest BCUT2D eigenvalue weighted by Gasteiger charge is -2.38. The van der Waals surface area contributed by atoms with Gasteiger partial charge in [0.1, 0.15) is 6.04 Å². The summed E-state index contributed by atoms with van der Waals surface area (Å²) >= 11 is 1.49. The molecule has 0 saturated carbocycles. The van der Waals surface area contributed by atoms with Crippen LogP contribution in [0.4, 0.5) is 5.95 Å². The van der Waals surface area contributed by atoms with E-state index in [0.717, 1.165) is 41.2 Å². The Hall–Kier alpha value is -2.48. The molecule has 0 radical (unpaired) electrons. The molecule has 1 atom stereocenters. The molecule has 7 nitrogen and oxygen atoms in total. The van der Waals surface area contributed by atoms with Crippen molar-refractivity contribution in [1.29, 1.82) is 0 Å². The highest BCUT2D eigenvalue weighted by molar-refractivity contribution is 7.98. The van der Waals surface area contributed by atoms with E-state index >= 15 is 0 Å². The number of aromatic nitrogens is 3. The monoisotopic (exact) mass is 412 g/mol. The van der Waals surface area contributed by atoms with Crippen LogP contribution in [0.3, 0.4) is 0 Å². The zero-order valence-electron chi connectivity index (χ0n) is 16.8. The molecule has 3 aliphatic rings. The zero-order valence-corrected chi connectivity index (χ0v) is 17.6. The Kier molecular flexibility index (Phi) is 4.34. The molecular formula is C21H24N4O3S. The average molecular weight is 413 g/mol. The Bertz CT molecular complexity index is 1030. The fourth-order valence-electron chi connectivity index (χ4n) is 4.33. The summed E-state index contributed by atoms with van der Waals surface area (Å²) in [6.07, 6.45) is 4.13. The molecule has 29 heavy (non-hydrogen) atoms. The number of carbonyl (C=O) groups is 1. The van der Waals surface area contributed by atoms with Gasteiger partial charge in [0.05, 0.1) is 13.2 Å². The highest BCUT2D eigenvalue weighted by atomic mass is 32.2. The van der Waals surface area contributed by atoms with Gasteiger partial charge in [-0.05, 0) is 35.8 Å². The largest absolute Gasteiger partial charge is 0.490 e. The molecule has 0 spiro atoms. The molecule has 2 aromatic rings. The first-order valence-electron chi connectivity index (χ1n) is 9.88. The van der Waals surface area contributed by atoms with Gasteiger partial charge in [-0.2, -0.15) is 4.98 Å². The van der Waals surface area contributed by atoms with Gasteiger partial charge in [-0.1, -0.05) is 31.7 Å². The van der Waals surface area contributed by atoms with Crippen molar-refractivity contribution >= 4 is 23.5 Å². The number of rotatable bonds is 2. The van der Waals surface area contributed by atoms with E-state index < -0.39 is 0 Å². The summed E-state index contributed by atoms with van der Waals surface area (Å²) in [5.74, 6) is 2.30. The number of carbonyl (C=O) groups excluding carboxylic acids is 1. The molecule has 5 rings (SSSR count). The molecule has 1 N–H and O–H groups in total. The topological polar surface area (TPSA) is 78.3 Å². The first-order valence-corrected chi connectivity index (χ1v) is 11.1. The number of ketones is 1. The first-order chi connectivity index (χ1) is 13.9. The molecule has 0 saturated heterocycles. The second-order valence-electron chi connectivity index (χ2n) is 8.48. The highest BCUT2D eigenvalue weighted by Gasteiger charge is 2.42. The lowest BCUT2D eigenvalue weighted by atomic mass is 9.73. The van der Waals surface area contributed by atoms with E-state index in [1.165, 1.54) is 11.8 Å². The number of ether oxygens (including phenoxy) is 2. The maximum atomic E-state index is 13.2. The number of hydrogen-bond donors (Lipinski definition) is 1. The number of nitrogens with zero attached hydrogens (tertiary/aromatic N) is 3. The van der Waals surface area contributed by atoms with Gasteiger partial charge < -0.3 is 14.8 Å². The van der Waals surface area contributed by atoms with Crippen molar-refractivity contribution in [2.75, 3.05) is 24.8 Å². The van der Waals surface area contributed by atoms with Gasteiger partial charge >= 0.3 is 0 Å². The summed E-state index contributed by atoms with van der Waals surface area (Å²) in [6, 6.07) is 5.60. The fraction of sp³-hybridized carbons (Fsp3) is 0.476. The van der Waals surface area contributed by atoms with Crippen LogP contribution in [0, 0.1) is 5.41 Å². The van der Waals surface area contributed by atoms with Crippen LogP contribution in [0.2, 0.25) is 0 Å². The van der Waals surface area contributed by atoms with Crippen molar-refractivity contribution in [1.82, 2.24) is 14.8 Å². The molecule has 0 amide bonds. The Morgan fingerprint density at radius 3 is 2.79 bits per heavy atom. The summed E-state index contributed by atoms with van der Waals surface area (Å²) in [4.78, 5) is 17.9. The van der Waals surface area contributed by atoms with Gasteiger partial charge in [0.25, 0.3) is 0 Å². The summed E-state index contributed by atoms with van der Waals surface area (Å²) in [6.45, 7) is 5.53. The normalized spacial score (nSPS) is 22.4. The van der Waals surface area contributed by atoms with Gasteiger partial charge in [-0.15, -0.1) is 5.10 Å². The molecule has 1 unspecified atom stereocenters. The van der Waals surface area contributed by atoms with E-state index in [2.05, 4.69) is 29.2 Å². The first kappa shape index (κ1) is 18.5. The molecule has 0 fully saturated rings. The Morgan fingerprint density at radius 1 is 1.21 bits per heavy atom. The molecule has 0 bridgehead atoms. The predicted octanol–water partition coefficient (Wildman–Crippen LogP) is 3.82. The zero-order chi connectivity index (χ0) is 20.2. The SMILES string of the molecule is CSc1nc2n(n1)C(c1ccc3c(c1)OCCCO3)C1=C(CC(C)(C)CC1=O)N2. The van der Waals surface area contributed by atoms with Crippen molar-refractivity contribution in [3.63, 3.8) is 0 Å². The number of fused-ring (bicyclic) bond motifs is 2. The minimum atomic E-state index is -0.324. The van der Waals surface area contributed by atoms with Crippen LogP contribution in [0.5, 0.6) is 11.5 Å². The average Bonchev–Trinajstić information content (AvgIpc) is 2.93. The molecule has 3 heterocycles. The molecule has 2 aliphatic heterocycles. The van der Waals surface area contributed by atoms with Crippen LogP contribution >= 0.6 is 11.8 Å². The third kappa shape index (κ3) is 3.19. The fourth-order valence-corrected chi connectivity index (χ4v) is 4.68. The second-order valence-corrected chi connectivity index (χ2v) is 9.26. The van der Waals surface area contributed by atoms with E-state index in [9.17, 15) is 4.79 Å². The van der Waals surface area contributed by atoms with Crippen molar-refractivity contribution in [2.45, 2.75) is 44.3 Å². The van der Waals surface area contributed by atoms with E-state index in [0.29, 0.717) is 30.7 Å². The van der Waals surface area contributed by atoms with Gasteiger partial charge in [0, 0.05) is 24.1 Å². The van der Waals surface area contributed by atoms with Crippen LogP contribution in [-0.2, 0) is 4.79 Å². The van der Waals surface area contributed by atoms with Gasteiger partial charge in [-0.3, -0.25) is 4.79 Å². The lowest BCUT2D eigenvalue weighted by Crippen LogP contribution is -2.36. The van der Waals surface area contributed by atoms with Crippen LogP contribution < -0.4 is 14.8 Å². The Labute approximate surface area is 173 Å². The van der Waals surface area contributed by atoms with Crippen LogP contribution in [0.1, 0.15) is 44.7 Å². The Morgan fingerprint density at radius 2 is 2.00 bits per heavy atom. The van der Waals surface area contributed by atoms with E-state index in [1.807, 2.05) is 29.1 Å². The summed E-state index contributed by atoms with van der Waals surface area (Å²) in [5.41, 5.74) is 2.61. The molecule has 1 aromatic carbocycles. The van der Waals surface area contributed by atoms with Crippen LogP contribution in [-0.4, -0.2) is 40.0 Å². The summed E-state index contributed by atoms with van der Waals surface area (Å²) in [7, 11) is 0. The van der Waals surface area contributed by atoms with Crippen LogP contribution in [0.25, 0.3) is 0 Å². The number of anilines is 1. The van der Waals surface area contributed by atoms with Gasteiger partial charge in [-0.25, -0.2) is 4.68 Å². The minimum Gasteiger partial charge on any atom is -0.490 e. The lowest BCUT2D eigenvalue weighted by molar-refractivity contribution is -0.118. The molecule has 152 valence electrons. The van der Waals surface area contributed by atoms with Crippen molar-refractivity contribution < 1.29 is 14.3 Å². The number of thioether (sulfide) groups is 1. The molecule has 1 aliphatic carbocycles. The third-order valence-electron chi connectivity index (χ3n) is 5.58. The predicted molar refractivity (Wildman–Crippen MR) is 111 cm³/mol. The maximum Gasteiger partial charge on any atom is 0.227 e. The molecule has 8 heteroatoms. The number of benzene rings is 1.